The molecule has 0 saturated heterocycles. The number of rotatable bonds is 4. The van der Waals surface area contributed by atoms with Gasteiger partial charge in [0.2, 0.25) is 0 Å². The molecule has 0 atom stereocenters. The van der Waals surface area contributed by atoms with E-state index < -0.39 is 5.97 Å². The molecule has 0 spiro atoms. The molecular formula is C14H20O5. The minimum absolute atomic E-state index is 0.144. The van der Waals surface area contributed by atoms with Gasteiger partial charge in [-0.05, 0) is 30.2 Å². The molecule has 0 radical (unpaired) electrons. The van der Waals surface area contributed by atoms with Gasteiger partial charge in [-0.25, -0.2) is 4.79 Å². The van der Waals surface area contributed by atoms with Gasteiger partial charge in [-0.1, -0.05) is 20.8 Å². The Morgan fingerprint density at radius 1 is 1.21 bits per heavy atom. The summed E-state index contributed by atoms with van der Waals surface area (Å²) in [6, 6.07) is 6.01. The van der Waals surface area contributed by atoms with Gasteiger partial charge in [0, 0.05) is 6.42 Å². The highest BCUT2D eigenvalue weighted by Gasteiger charge is 2.07. The van der Waals surface area contributed by atoms with Crippen LogP contribution in [-0.2, 0) is 9.53 Å². The largest absolute Gasteiger partial charge is 0.508 e. The fraction of sp³-hybridized carbons (Fsp3) is 0.429. The van der Waals surface area contributed by atoms with E-state index in [2.05, 4.69) is 0 Å². The van der Waals surface area contributed by atoms with Crippen LogP contribution in [0.4, 0.5) is 0 Å². The topological polar surface area (TPSA) is 83.8 Å². The quantitative estimate of drug-likeness (QED) is 0.820. The number of ether oxygens (including phenoxy) is 1. The lowest BCUT2D eigenvalue weighted by molar-refractivity contribution is -0.136. The molecule has 0 aromatic heterocycles. The average molecular weight is 268 g/mol. The van der Waals surface area contributed by atoms with E-state index >= 15 is 0 Å². The Morgan fingerprint density at radius 3 is 2.05 bits per heavy atom. The van der Waals surface area contributed by atoms with Gasteiger partial charge < -0.3 is 14.9 Å². The Balaban J connectivity index is 0.000000555. The molecule has 5 nitrogen and oxygen atoms in total. The standard InChI is InChI=1S/C11H14O3.C3H6O2/c1-8(2)7-14-11(13)9-3-5-10(12)6-4-9;1-2-3(4)5/h3-6,8,12H,7H2,1-2H3;2H2,1H3,(H,4,5). The molecule has 1 aromatic rings. The maximum Gasteiger partial charge on any atom is 0.338 e. The van der Waals surface area contributed by atoms with Gasteiger partial charge in [0.15, 0.2) is 0 Å². The van der Waals surface area contributed by atoms with Crippen LogP contribution < -0.4 is 0 Å². The van der Waals surface area contributed by atoms with Gasteiger partial charge in [-0.15, -0.1) is 0 Å². The minimum Gasteiger partial charge on any atom is -0.508 e. The van der Waals surface area contributed by atoms with Crippen molar-refractivity contribution in [1.29, 1.82) is 0 Å². The van der Waals surface area contributed by atoms with Gasteiger partial charge in [-0.2, -0.15) is 0 Å². The molecule has 0 aliphatic rings. The summed E-state index contributed by atoms with van der Waals surface area (Å²) in [5, 5.41) is 16.7. The molecule has 2 N–H and O–H groups in total. The van der Waals surface area contributed by atoms with E-state index in [0.717, 1.165) is 0 Å². The number of hydrogen-bond acceptors (Lipinski definition) is 4. The number of aliphatic carboxylic acids is 1. The number of carboxylic acids is 1. The van der Waals surface area contributed by atoms with E-state index in [9.17, 15) is 9.59 Å². The third-order valence-corrected chi connectivity index (χ3v) is 1.95. The van der Waals surface area contributed by atoms with Crippen LogP contribution in [0.5, 0.6) is 5.75 Å². The average Bonchev–Trinajstić information content (AvgIpc) is 2.37. The molecule has 1 rings (SSSR count). The van der Waals surface area contributed by atoms with Gasteiger partial charge in [0.1, 0.15) is 5.75 Å². The molecule has 0 bridgehead atoms. The first-order chi connectivity index (χ1) is 8.86. The summed E-state index contributed by atoms with van der Waals surface area (Å²) in [7, 11) is 0. The number of carboxylic acid groups (broad SMARTS) is 1. The van der Waals surface area contributed by atoms with Crippen LogP contribution in [0.25, 0.3) is 0 Å². The highest BCUT2D eigenvalue weighted by Crippen LogP contribution is 2.10. The van der Waals surface area contributed by atoms with Crippen LogP contribution in [0.1, 0.15) is 37.6 Å². The van der Waals surface area contributed by atoms with Crippen molar-refractivity contribution in [2.24, 2.45) is 5.92 Å². The molecule has 0 amide bonds. The van der Waals surface area contributed by atoms with Gasteiger partial charge in [0.25, 0.3) is 0 Å². The Morgan fingerprint density at radius 2 is 1.68 bits per heavy atom. The molecule has 19 heavy (non-hydrogen) atoms. The number of hydrogen-bond donors (Lipinski definition) is 2. The predicted octanol–water partition coefficient (Wildman–Crippen LogP) is 2.69. The second-order valence-electron chi connectivity index (χ2n) is 4.29. The van der Waals surface area contributed by atoms with Crippen molar-refractivity contribution < 1.29 is 24.5 Å². The fourth-order valence-corrected chi connectivity index (χ4v) is 0.923. The highest BCUT2D eigenvalue weighted by atomic mass is 16.5. The Hall–Kier alpha value is -2.04. The molecule has 5 heteroatoms. The first-order valence-electron chi connectivity index (χ1n) is 6.04. The summed E-state index contributed by atoms with van der Waals surface area (Å²) in [6.07, 6.45) is 0.222. The van der Waals surface area contributed by atoms with Crippen molar-refractivity contribution in [1.82, 2.24) is 0 Å². The first-order valence-corrected chi connectivity index (χ1v) is 6.04. The zero-order chi connectivity index (χ0) is 14.8. The second kappa shape index (κ2) is 8.97. The Labute approximate surface area is 112 Å². The Bertz CT molecular complexity index is 395. The zero-order valence-electron chi connectivity index (χ0n) is 11.4. The van der Waals surface area contributed by atoms with Crippen LogP contribution in [0.15, 0.2) is 24.3 Å². The van der Waals surface area contributed by atoms with E-state index in [1.807, 2.05) is 13.8 Å². The summed E-state index contributed by atoms with van der Waals surface area (Å²) in [6.45, 7) is 5.97. The summed E-state index contributed by atoms with van der Waals surface area (Å²) in [4.78, 5) is 20.7. The number of phenols is 1. The van der Waals surface area contributed by atoms with Crippen molar-refractivity contribution in [2.45, 2.75) is 27.2 Å². The van der Waals surface area contributed by atoms with Crippen molar-refractivity contribution in [3.63, 3.8) is 0 Å². The maximum atomic E-state index is 11.4. The Kier molecular flexibility index (Phi) is 8.00. The van der Waals surface area contributed by atoms with E-state index in [4.69, 9.17) is 14.9 Å². The molecule has 1 aromatic carbocycles. The number of benzene rings is 1. The van der Waals surface area contributed by atoms with Crippen molar-refractivity contribution in [3.8, 4) is 5.75 Å². The monoisotopic (exact) mass is 268 g/mol. The molecule has 106 valence electrons. The first kappa shape index (κ1) is 17.0. The van der Waals surface area contributed by atoms with E-state index in [1.54, 1.807) is 6.92 Å². The van der Waals surface area contributed by atoms with E-state index in [1.165, 1.54) is 24.3 Å². The number of esters is 1. The third kappa shape index (κ3) is 8.65. The molecule has 0 aliphatic carbocycles. The molecule has 0 aliphatic heterocycles. The van der Waals surface area contributed by atoms with Crippen LogP contribution in [0.3, 0.4) is 0 Å². The van der Waals surface area contributed by atoms with Gasteiger partial charge >= 0.3 is 11.9 Å². The summed E-state index contributed by atoms with van der Waals surface area (Å²) >= 11 is 0. The SMILES string of the molecule is CC(C)COC(=O)c1ccc(O)cc1.CCC(=O)O. The van der Waals surface area contributed by atoms with Crippen LogP contribution in [0, 0.1) is 5.92 Å². The molecular weight excluding hydrogens is 248 g/mol. The number of carbonyl (C=O) groups is 2. The predicted molar refractivity (Wildman–Crippen MR) is 71.2 cm³/mol. The normalized spacial score (nSPS) is 9.47. The summed E-state index contributed by atoms with van der Waals surface area (Å²) < 4.78 is 5.01. The number of aromatic hydroxyl groups is 1. The molecule has 0 unspecified atom stereocenters. The van der Waals surface area contributed by atoms with Gasteiger partial charge in [0.05, 0.1) is 12.2 Å². The lowest BCUT2D eigenvalue weighted by Crippen LogP contribution is -2.09. The third-order valence-electron chi connectivity index (χ3n) is 1.95. The summed E-state index contributed by atoms with van der Waals surface area (Å²) in [5.41, 5.74) is 0.462. The van der Waals surface area contributed by atoms with Crippen LogP contribution in [0.2, 0.25) is 0 Å². The van der Waals surface area contributed by atoms with Crippen molar-refractivity contribution in [3.05, 3.63) is 29.8 Å². The number of phenolic OH excluding ortho intramolecular Hbond substituents is 1. The van der Waals surface area contributed by atoms with E-state index in [-0.39, 0.29) is 18.1 Å². The molecule has 0 fully saturated rings. The maximum absolute atomic E-state index is 11.4. The second-order valence-corrected chi connectivity index (χ2v) is 4.29. The summed E-state index contributed by atoms with van der Waals surface area (Å²) in [5.74, 6) is -0.620. The smallest absolute Gasteiger partial charge is 0.338 e. The van der Waals surface area contributed by atoms with Crippen molar-refractivity contribution >= 4 is 11.9 Å². The van der Waals surface area contributed by atoms with Crippen LogP contribution >= 0.6 is 0 Å². The van der Waals surface area contributed by atoms with Crippen LogP contribution in [-0.4, -0.2) is 28.8 Å². The molecule has 0 saturated carbocycles. The van der Waals surface area contributed by atoms with Crippen molar-refractivity contribution in [2.75, 3.05) is 6.61 Å². The zero-order valence-corrected chi connectivity index (χ0v) is 11.4. The number of carbonyl (C=O) groups excluding carboxylic acids is 1. The lowest BCUT2D eigenvalue weighted by atomic mass is 10.2. The minimum atomic E-state index is -0.745. The fourth-order valence-electron chi connectivity index (χ4n) is 0.923. The van der Waals surface area contributed by atoms with E-state index in [0.29, 0.717) is 18.1 Å². The van der Waals surface area contributed by atoms with Gasteiger partial charge in [-0.3, -0.25) is 4.79 Å². The highest BCUT2D eigenvalue weighted by molar-refractivity contribution is 5.89. The lowest BCUT2D eigenvalue weighted by Gasteiger charge is -2.06. The molecule has 0 heterocycles.